The molecule has 1 fully saturated rings. The SMILES string of the molecule is Cc1cc(Nc2ncnc3ccc(N[C@@H]4CCNC4)nc23)ccc1Oc1ccn2ncnc2c1.Cl. The third-order valence-corrected chi connectivity index (χ3v) is 5.81. The summed E-state index contributed by atoms with van der Waals surface area (Å²) in [5.41, 5.74) is 4.10. The number of ether oxygens (including phenoxy) is 1. The van der Waals surface area contributed by atoms with Gasteiger partial charge in [0.25, 0.3) is 0 Å². The second-order valence-corrected chi connectivity index (χ2v) is 8.25. The third kappa shape index (κ3) is 4.79. The third-order valence-electron chi connectivity index (χ3n) is 5.81. The number of halogens is 1. The number of fused-ring (bicyclic) bond motifs is 2. The summed E-state index contributed by atoms with van der Waals surface area (Å²) in [6, 6.07) is 13.9. The van der Waals surface area contributed by atoms with Crippen LogP contribution in [0.2, 0.25) is 0 Å². The van der Waals surface area contributed by atoms with Gasteiger partial charge in [-0.05, 0) is 61.9 Å². The molecule has 178 valence electrons. The van der Waals surface area contributed by atoms with Gasteiger partial charge in [-0.1, -0.05) is 0 Å². The fourth-order valence-electron chi connectivity index (χ4n) is 4.06. The minimum absolute atomic E-state index is 0. The highest BCUT2D eigenvalue weighted by Gasteiger charge is 2.15. The molecule has 1 atom stereocenters. The van der Waals surface area contributed by atoms with Crippen molar-refractivity contribution in [1.82, 2.24) is 34.9 Å². The van der Waals surface area contributed by atoms with E-state index in [-0.39, 0.29) is 12.4 Å². The molecule has 0 amide bonds. The number of rotatable bonds is 6. The van der Waals surface area contributed by atoms with E-state index in [1.54, 1.807) is 10.8 Å². The topological polar surface area (TPSA) is 114 Å². The number of pyridine rings is 2. The van der Waals surface area contributed by atoms with Crippen LogP contribution in [0.3, 0.4) is 0 Å². The first-order valence-corrected chi connectivity index (χ1v) is 11.2. The molecule has 35 heavy (non-hydrogen) atoms. The van der Waals surface area contributed by atoms with Crippen LogP contribution >= 0.6 is 12.4 Å². The molecule has 0 spiro atoms. The van der Waals surface area contributed by atoms with Crippen LogP contribution in [0.25, 0.3) is 16.7 Å². The smallest absolute Gasteiger partial charge is 0.160 e. The zero-order valence-electron chi connectivity index (χ0n) is 19.0. The summed E-state index contributed by atoms with van der Waals surface area (Å²) >= 11 is 0. The Bertz CT molecular complexity index is 1480. The average molecular weight is 490 g/mol. The van der Waals surface area contributed by atoms with E-state index in [2.05, 4.69) is 36.0 Å². The highest BCUT2D eigenvalue weighted by Crippen LogP contribution is 2.30. The van der Waals surface area contributed by atoms with Crippen LogP contribution < -0.4 is 20.7 Å². The molecule has 5 aromatic rings. The van der Waals surface area contributed by atoms with E-state index < -0.39 is 0 Å². The standard InChI is InChI=1S/C24H23N9O.ClH/c1-15-10-16(2-4-20(15)34-18-7-9-33-22(11-18)27-14-29-33)31-24-23-19(26-13-28-24)3-5-21(32-23)30-17-6-8-25-12-17;/h2-5,7,9-11,13-14,17,25H,6,8,12H2,1H3,(H,30,32)(H,26,28,31);1H/t17-;/m1./s1. The van der Waals surface area contributed by atoms with Crippen molar-refractivity contribution in [2.75, 3.05) is 23.7 Å². The molecule has 1 aromatic carbocycles. The Balaban J connectivity index is 0.00000253. The van der Waals surface area contributed by atoms with E-state index in [9.17, 15) is 0 Å². The lowest BCUT2D eigenvalue weighted by molar-refractivity contribution is 0.478. The number of hydrogen-bond acceptors (Lipinski definition) is 9. The molecular formula is C24H24ClN9O. The summed E-state index contributed by atoms with van der Waals surface area (Å²) in [6.45, 7) is 3.97. The van der Waals surface area contributed by atoms with Crippen molar-refractivity contribution in [2.45, 2.75) is 19.4 Å². The number of aryl methyl sites for hydroxylation is 1. The quantitative estimate of drug-likeness (QED) is 0.324. The van der Waals surface area contributed by atoms with E-state index in [0.29, 0.717) is 17.6 Å². The van der Waals surface area contributed by atoms with E-state index in [4.69, 9.17) is 9.72 Å². The molecule has 3 N–H and O–H groups in total. The van der Waals surface area contributed by atoms with Crippen LogP contribution in [0.5, 0.6) is 11.5 Å². The molecular weight excluding hydrogens is 466 g/mol. The number of benzene rings is 1. The van der Waals surface area contributed by atoms with Gasteiger partial charge < -0.3 is 20.7 Å². The summed E-state index contributed by atoms with van der Waals surface area (Å²) in [4.78, 5) is 17.8. The Morgan fingerprint density at radius 2 is 2.00 bits per heavy atom. The Hall–Kier alpha value is -4.02. The number of hydrogen-bond donors (Lipinski definition) is 3. The van der Waals surface area contributed by atoms with Crippen LogP contribution in [-0.2, 0) is 0 Å². The van der Waals surface area contributed by atoms with Crippen molar-refractivity contribution in [2.24, 2.45) is 0 Å². The maximum atomic E-state index is 6.08. The molecule has 4 aromatic heterocycles. The van der Waals surface area contributed by atoms with Gasteiger partial charge in [-0.15, -0.1) is 12.4 Å². The van der Waals surface area contributed by atoms with Gasteiger partial charge in [0.1, 0.15) is 35.5 Å². The van der Waals surface area contributed by atoms with Crippen LogP contribution in [0, 0.1) is 6.92 Å². The van der Waals surface area contributed by atoms with Gasteiger partial charge in [-0.2, -0.15) is 5.10 Å². The van der Waals surface area contributed by atoms with Crippen molar-refractivity contribution in [3.63, 3.8) is 0 Å². The van der Waals surface area contributed by atoms with Gasteiger partial charge >= 0.3 is 0 Å². The van der Waals surface area contributed by atoms with Crippen molar-refractivity contribution < 1.29 is 4.74 Å². The Morgan fingerprint density at radius 1 is 1.06 bits per heavy atom. The molecule has 11 heteroatoms. The summed E-state index contributed by atoms with van der Waals surface area (Å²) in [7, 11) is 0. The van der Waals surface area contributed by atoms with Crippen molar-refractivity contribution >= 4 is 46.4 Å². The monoisotopic (exact) mass is 489 g/mol. The summed E-state index contributed by atoms with van der Waals surface area (Å²) in [5, 5.41) is 14.3. The Morgan fingerprint density at radius 3 is 2.86 bits per heavy atom. The fourth-order valence-corrected chi connectivity index (χ4v) is 4.06. The van der Waals surface area contributed by atoms with Crippen molar-refractivity contribution in [3.05, 3.63) is 66.9 Å². The Labute approximate surface area is 207 Å². The zero-order valence-corrected chi connectivity index (χ0v) is 19.8. The lowest BCUT2D eigenvalue weighted by Gasteiger charge is -2.14. The first-order chi connectivity index (χ1) is 16.7. The molecule has 5 heterocycles. The summed E-state index contributed by atoms with van der Waals surface area (Å²) in [5.74, 6) is 2.94. The van der Waals surface area contributed by atoms with Crippen LogP contribution in [-0.4, -0.2) is 48.7 Å². The molecule has 0 bridgehead atoms. The molecule has 0 saturated carbocycles. The second kappa shape index (κ2) is 9.69. The molecule has 10 nitrogen and oxygen atoms in total. The van der Waals surface area contributed by atoms with Gasteiger partial charge in [-0.3, -0.25) is 0 Å². The Kier molecular flexibility index (Phi) is 6.30. The van der Waals surface area contributed by atoms with E-state index in [1.807, 2.05) is 55.6 Å². The zero-order chi connectivity index (χ0) is 22.9. The van der Waals surface area contributed by atoms with Crippen LogP contribution in [0.1, 0.15) is 12.0 Å². The number of nitrogens with zero attached hydrogens (tertiary/aromatic N) is 6. The lowest BCUT2D eigenvalue weighted by Crippen LogP contribution is -2.22. The predicted octanol–water partition coefficient (Wildman–Crippen LogP) is 4.11. The largest absolute Gasteiger partial charge is 0.457 e. The van der Waals surface area contributed by atoms with Crippen LogP contribution in [0.4, 0.5) is 17.3 Å². The molecule has 0 unspecified atom stereocenters. The molecule has 1 aliphatic heterocycles. The first kappa shape index (κ1) is 22.8. The van der Waals surface area contributed by atoms with Gasteiger partial charge in [0, 0.05) is 30.5 Å². The lowest BCUT2D eigenvalue weighted by atomic mass is 10.2. The summed E-state index contributed by atoms with van der Waals surface area (Å²) in [6.07, 6.45) is 5.96. The van der Waals surface area contributed by atoms with Gasteiger partial charge in [-0.25, -0.2) is 24.5 Å². The normalized spacial score (nSPS) is 15.2. The predicted molar refractivity (Wildman–Crippen MR) is 137 cm³/mol. The summed E-state index contributed by atoms with van der Waals surface area (Å²) < 4.78 is 7.77. The van der Waals surface area contributed by atoms with E-state index in [0.717, 1.165) is 59.0 Å². The first-order valence-electron chi connectivity index (χ1n) is 11.2. The highest BCUT2D eigenvalue weighted by atomic mass is 35.5. The molecule has 1 aliphatic rings. The average Bonchev–Trinajstić information content (AvgIpc) is 3.53. The minimum atomic E-state index is 0. The van der Waals surface area contributed by atoms with E-state index >= 15 is 0 Å². The maximum absolute atomic E-state index is 6.08. The highest BCUT2D eigenvalue weighted by molar-refractivity contribution is 5.88. The molecule has 0 radical (unpaired) electrons. The number of aromatic nitrogens is 6. The molecule has 6 rings (SSSR count). The number of anilines is 3. The van der Waals surface area contributed by atoms with Crippen molar-refractivity contribution in [3.8, 4) is 11.5 Å². The molecule has 1 saturated heterocycles. The fraction of sp³-hybridized carbons (Fsp3) is 0.208. The van der Waals surface area contributed by atoms with Gasteiger partial charge in [0.2, 0.25) is 0 Å². The van der Waals surface area contributed by atoms with Crippen LogP contribution in [0.15, 0.2) is 61.3 Å². The van der Waals surface area contributed by atoms with E-state index in [1.165, 1.54) is 6.33 Å². The van der Waals surface area contributed by atoms with Gasteiger partial charge in [0.05, 0.1) is 5.52 Å². The molecule has 0 aliphatic carbocycles. The van der Waals surface area contributed by atoms with Crippen molar-refractivity contribution in [1.29, 1.82) is 0 Å². The second-order valence-electron chi connectivity index (χ2n) is 8.25. The number of nitrogens with one attached hydrogen (secondary N) is 3. The maximum Gasteiger partial charge on any atom is 0.160 e. The minimum Gasteiger partial charge on any atom is -0.457 e. The van der Waals surface area contributed by atoms with Gasteiger partial charge in [0.15, 0.2) is 11.5 Å².